The Morgan fingerprint density at radius 2 is 1.92 bits per heavy atom. The molecule has 0 amide bonds. The fourth-order valence-corrected chi connectivity index (χ4v) is 4.07. The van der Waals surface area contributed by atoms with Crippen LogP contribution < -0.4 is 11.2 Å². The number of esters is 1. The number of rotatable bonds is 6. The highest BCUT2D eigenvalue weighted by atomic mass is 32.1. The minimum atomic E-state index is -0.396. The quantitative estimate of drug-likeness (QED) is 0.300. The van der Waals surface area contributed by atoms with Gasteiger partial charge in [0.1, 0.15) is 0 Å². The van der Waals surface area contributed by atoms with Gasteiger partial charge in [0.2, 0.25) is 0 Å². The van der Waals surface area contributed by atoms with Crippen LogP contribution in [0, 0.1) is 0 Å². The molecule has 3 aromatic rings. The number of anilines is 1. The zero-order chi connectivity index (χ0) is 17.8. The fraction of sp³-hybridized carbons (Fsp3) is 0.300. The van der Waals surface area contributed by atoms with Gasteiger partial charge < -0.3 is 10.5 Å². The Hall–Kier alpha value is -2.40. The minimum Gasteiger partial charge on any atom is -0.462 e. The maximum absolute atomic E-state index is 12.8. The van der Waals surface area contributed by atoms with Crippen LogP contribution in [0.2, 0.25) is 0 Å². The van der Waals surface area contributed by atoms with Gasteiger partial charge in [-0.25, -0.2) is 4.79 Å². The second kappa shape index (κ2) is 7.66. The van der Waals surface area contributed by atoms with Crippen LogP contribution in [0.5, 0.6) is 0 Å². The summed E-state index contributed by atoms with van der Waals surface area (Å²) in [7, 11) is 0. The monoisotopic (exact) mass is 355 g/mol. The molecule has 3 rings (SSSR count). The number of unbranched alkanes of at least 4 members (excludes halogenated alkanes) is 3. The second-order valence-corrected chi connectivity index (χ2v) is 7.08. The van der Waals surface area contributed by atoms with E-state index in [2.05, 4.69) is 6.92 Å². The maximum atomic E-state index is 12.8. The van der Waals surface area contributed by atoms with Crippen molar-refractivity contribution in [3.05, 3.63) is 52.2 Å². The molecule has 5 heteroatoms. The van der Waals surface area contributed by atoms with Crippen LogP contribution in [0.3, 0.4) is 0 Å². The Morgan fingerprint density at radius 1 is 1.12 bits per heavy atom. The summed E-state index contributed by atoms with van der Waals surface area (Å²) in [5.41, 5.74) is 6.69. The Balaban J connectivity index is 2.00. The van der Waals surface area contributed by atoms with E-state index in [1.54, 1.807) is 18.2 Å². The second-order valence-electron chi connectivity index (χ2n) is 6.03. The lowest BCUT2D eigenvalue weighted by atomic mass is 10.1. The zero-order valence-electron chi connectivity index (χ0n) is 14.2. The lowest BCUT2D eigenvalue weighted by Crippen LogP contribution is -2.10. The molecule has 0 bridgehead atoms. The zero-order valence-corrected chi connectivity index (χ0v) is 15.0. The van der Waals surface area contributed by atoms with Crippen molar-refractivity contribution in [3.8, 4) is 0 Å². The van der Waals surface area contributed by atoms with Crippen molar-refractivity contribution in [1.82, 2.24) is 0 Å². The minimum absolute atomic E-state index is 0.139. The smallest absolute Gasteiger partial charge is 0.339 e. The summed E-state index contributed by atoms with van der Waals surface area (Å²) in [6.45, 7) is 2.53. The summed E-state index contributed by atoms with van der Waals surface area (Å²) >= 11 is 1.40. The number of nitrogen functional groups attached to an aromatic ring is 1. The summed E-state index contributed by atoms with van der Waals surface area (Å²) in [5, 5.41) is 1.03. The van der Waals surface area contributed by atoms with Gasteiger partial charge in [-0.05, 0) is 30.7 Å². The number of hydrogen-bond donors (Lipinski definition) is 1. The molecule has 130 valence electrons. The Labute approximate surface area is 150 Å². The maximum Gasteiger partial charge on any atom is 0.339 e. The lowest BCUT2D eigenvalue weighted by Gasteiger charge is -2.09. The molecule has 0 saturated carbocycles. The average molecular weight is 355 g/mol. The largest absolute Gasteiger partial charge is 0.462 e. The van der Waals surface area contributed by atoms with Gasteiger partial charge in [-0.1, -0.05) is 38.3 Å². The van der Waals surface area contributed by atoms with Crippen LogP contribution in [0.15, 0.2) is 41.2 Å². The molecule has 0 aliphatic carbocycles. The normalized spacial score (nSPS) is 11.1. The van der Waals surface area contributed by atoms with Crippen LogP contribution in [-0.2, 0) is 4.74 Å². The molecular weight excluding hydrogens is 334 g/mol. The molecule has 0 aliphatic rings. The van der Waals surface area contributed by atoms with Crippen LogP contribution in [0.4, 0.5) is 5.69 Å². The third-order valence-electron chi connectivity index (χ3n) is 4.21. The van der Waals surface area contributed by atoms with Gasteiger partial charge in [-0.15, -0.1) is 11.3 Å². The third-order valence-corrected chi connectivity index (χ3v) is 5.42. The standard InChI is InChI=1S/C20H21NO3S/c1-2-3-4-7-12-24-20(23)14-10-11-15(21)17-18(22)13-8-5-6-9-16(13)25-19(14)17/h5-6,8-11H,2-4,7,12,21H2,1H3. The lowest BCUT2D eigenvalue weighted by molar-refractivity contribution is 0.0500. The van der Waals surface area contributed by atoms with E-state index in [0.29, 0.717) is 33.3 Å². The van der Waals surface area contributed by atoms with E-state index >= 15 is 0 Å². The number of fused-ring (bicyclic) bond motifs is 2. The van der Waals surface area contributed by atoms with E-state index in [4.69, 9.17) is 10.5 Å². The van der Waals surface area contributed by atoms with Gasteiger partial charge >= 0.3 is 5.97 Å². The summed E-state index contributed by atoms with van der Waals surface area (Å²) in [4.78, 5) is 25.3. The first-order chi connectivity index (χ1) is 12.1. The third kappa shape index (κ3) is 3.51. The molecule has 0 aliphatic heterocycles. The molecular formula is C20H21NO3S. The van der Waals surface area contributed by atoms with Gasteiger partial charge in [-0.2, -0.15) is 0 Å². The first-order valence-electron chi connectivity index (χ1n) is 8.54. The summed E-state index contributed by atoms with van der Waals surface area (Å²) in [6.07, 6.45) is 4.17. The van der Waals surface area contributed by atoms with E-state index in [9.17, 15) is 9.59 Å². The number of benzene rings is 2. The summed E-state index contributed by atoms with van der Waals surface area (Å²) in [5.74, 6) is -0.396. The van der Waals surface area contributed by atoms with Crippen molar-refractivity contribution in [2.24, 2.45) is 0 Å². The number of carbonyl (C=O) groups is 1. The molecule has 2 aromatic carbocycles. The van der Waals surface area contributed by atoms with Gasteiger partial charge in [0, 0.05) is 15.8 Å². The molecule has 0 unspecified atom stereocenters. The predicted octanol–water partition coefficient (Wildman–Crippen LogP) is 4.73. The number of ether oxygens (including phenoxy) is 1. The van der Waals surface area contributed by atoms with Crippen molar-refractivity contribution >= 4 is 43.2 Å². The van der Waals surface area contributed by atoms with Gasteiger partial charge in [0.25, 0.3) is 0 Å². The average Bonchev–Trinajstić information content (AvgIpc) is 2.61. The van der Waals surface area contributed by atoms with Crippen LogP contribution in [0.1, 0.15) is 43.0 Å². The molecule has 25 heavy (non-hydrogen) atoms. The highest BCUT2D eigenvalue weighted by Gasteiger charge is 2.17. The fourth-order valence-electron chi connectivity index (χ4n) is 2.86. The van der Waals surface area contributed by atoms with Crippen LogP contribution in [-0.4, -0.2) is 12.6 Å². The van der Waals surface area contributed by atoms with Gasteiger partial charge in [0.15, 0.2) is 5.43 Å². The van der Waals surface area contributed by atoms with E-state index in [1.807, 2.05) is 18.2 Å². The van der Waals surface area contributed by atoms with Crippen molar-refractivity contribution in [2.75, 3.05) is 12.3 Å². The highest BCUT2D eigenvalue weighted by Crippen LogP contribution is 2.31. The number of hydrogen-bond acceptors (Lipinski definition) is 5. The summed E-state index contributed by atoms with van der Waals surface area (Å²) in [6, 6.07) is 10.6. The van der Waals surface area contributed by atoms with Crippen molar-refractivity contribution in [2.45, 2.75) is 32.6 Å². The van der Waals surface area contributed by atoms with E-state index < -0.39 is 5.97 Å². The number of carbonyl (C=O) groups excluding carboxylic acids is 1. The molecule has 0 radical (unpaired) electrons. The molecule has 1 aromatic heterocycles. The molecule has 0 saturated heterocycles. The predicted molar refractivity (Wildman–Crippen MR) is 104 cm³/mol. The first kappa shape index (κ1) is 17.4. The Kier molecular flexibility index (Phi) is 5.34. The van der Waals surface area contributed by atoms with Crippen molar-refractivity contribution in [3.63, 3.8) is 0 Å². The molecule has 0 fully saturated rings. The highest BCUT2D eigenvalue weighted by molar-refractivity contribution is 7.25. The molecule has 1 heterocycles. The molecule has 0 atom stereocenters. The number of nitrogens with two attached hydrogens (primary N) is 1. The summed E-state index contributed by atoms with van der Waals surface area (Å²) < 4.78 is 6.83. The molecule has 0 spiro atoms. The van der Waals surface area contributed by atoms with Gasteiger partial charge in [-0.3, -0.25) is 4.79 Å². The van der Waals surface area contributed by atoms with Crippen LogP contribution in [0.25, 0.3) is 20.2 Å². The van der Waals surface area contributed by atoms with E-state index in [0.717, 1.165) is 30.4 Å². The van der Waals surface area contributed by atoms with Gasteiger partial charge in [0.05, 0.1) is 22.3 Å². The SMILES string of the molecule is CCCCCCOC(=O)c1ccc(N)c2c(=O)c3ccccc3sc12. The Bertz CT molecular complexity index is 978. The first-order valence-corrected chi connectivity index (χ1v) is 9.36. The van der Waals surface area contributed by atoms with E-state index in [-0.39, 0.29) is 5.43 Å². The Morgan fingerprint density at radius 3 is 2.72 bits per heavy atom. The van der Waals surface area contributed by atoms with Crippen LogP contribution >= 0.6 is 11.3 Å². The van der Waals surface area contributed by atoms with Crippen molar-refractivity contribution in [1.29, 1.82) is 0 Å². The topological polar surface area (TPSA) is 69.4 Å². The molecule has 2 N–H and O–H groups in total. The van der Waals surface area contributed by atoms with Crippen molar-refractivity contribution < 1.29 is 9.53 Å². The molecule has 4 nitrogen and oxygen atoms in total. The van der Waals surface area contributed by atoms with E-state index in [1.165, 1.54) is 11.3 Å².